The van der Waals surface area contributed by atoms with Crippen LogP contribution in [0.4, 0.5) is 14.6 Å². The summed E-state index contributed by atoms with van der Waals surface area (Å²) in [6.07, 6.45) is -0.533. The quantitative estimate of drug-likeness (QED) is 0.703. The average molecular weight is 447 g/mol. The Morgan fingerprint density at radius 2 is 1.97 bits per heavy atom. The van der Waals surface area contributed by atoms with E-state index in [-0.39, 0.29) is 24.5 Å². The smallest absolute Gasteiger partial charge is 0.260 e. The third-order valence-corrected chi connectivity index (χ3v) is 6.65. The number of carbonyl (C=O) groups excluding carboxylic acids is 1. The maximum absolute atomic E-state index is 13.7. The first-order valence-corrected chi connectivity index (χ1v) is 11.4. The number of piperidine rings is 1. The maximum Gasteiger partial charge on any atom is 0.260 e. The Morgan fingerprint density at radius 1 is 1.25 bits per heavy atom. The number of benzene rings is 1. The van der Waals surface area contributed by atoms with E-state index in [0.717, 1.165) is 29.8 Å². The minimum atomic E-state index is -2.45. The van der Waals surface area contributed by atoms with Gasteiger partial charge in [0.1, 0.15) is 17.6 Å². The maximum atomic E-state index is 13.7. The summed E-state index contributed by atoms with van der Waals surface area (Å²) in [7, 11) is 0. The van der Waals surface area contributed by atoms with Crippen LogP contribution in [0.15, 0.2) is 30.3 Å². The zero-order valence-corrected chi connectivity index (χ0v) is 18.9. The number of aromatic nitrogens is 2. The highest BCUT2D eigenvalue weighted by Crippen LogP contribution is 2.37. The Hall–Kier alpha value is -2.64. The fourth-order valence-electron chi connectivity index (χ4n) is 4.88. The number of fused-ring (bicyclic) bond motifs is 1. The van der Waals surface area contributed by atoms with Gasteiger partial charge in [-0.1, -0.05) is 32.0 Å². The topological polar surface area (TPSA) is 59.4 Å². The molecule has 2 atom stereocenters. The number of anilines is 1. The summed E-state index contributed by atoms with van der Waals surface area (Å²) in [6, 6.07) is 8.69. The van der Waals surface area contributed by atoms with Crippen molar-refractivity contribution in [1.29, 1.82) is 0 Å². The van der Waals surface area contributed by atoms with E-state index >= 15 is 0 Å². The Labute approximate surface area is 187 Å². The van der Waals surface area contributed by atoms with Gasteiger partial charge in [0, 0.05) is 25.2 Å². The molecule has 2 aliphatic heterocycles. The molecule has 3 heterocycles. The Balaban J connectivity index is 1.32. The molecule has 0 spiro atoms. The summed E-state index contributed by atoms with van der Waals surface area (Å²) in [4.78, 5) is 14.5. The monoisotopic (exact) mass is 446 g/mol. The molecular weight excluding hydrogens is 414 g/mol. The molecule has 0 saturated carbocycles. The lowest BCUT2D eigenvalue weighted by Crippen LogP contribution is -2.47. The molecular formula is C24H32F2N4O2. The molecule has 1 fully saturated rings. The summed E-state index contributed by atoms with van der Waals surface area (Å²) in [5, 5.41) is 7.66. The number of nitrogens with one attached hydrogen (secondary N) is 1. The lowest BCUT2D eigenvalue weighted by Gasteiger charge is -2.40. The van der Waals surface area contributed by atoms with E-state index in [1.165, 1.54) is 4.68 Å². The third kappa shape index (κ3) is 4.74. The van der Waals surface area contributed by atoms with Gasteiger partial charge >= 0.3 is 0 Å². The summed E-state index contributed by atoms with van der Waals surface area (Å²) < 4.78 is 34.6. The van der Waals surface area contributed by atoms with Crippen LogP contribution in [0, 0.1) is 12.8 Å². The third-order valence-electron chi connectivity index (χ3n) is 6.65. The highest BCUT2D eigenvalue weighted by molar-refractivity contribution is 5.78. The van der Waals surface area contributed by atoms with Crippen molar-refractivity contribution in [3.05, 3.63) is 41.6 Å². The number of halogens is 2. The Kier molecular flexibility index (Phi) is 6.67. The van der Waals surface area contributed by atoms with Crippen LogP contribution in [-0.2, 0) is 4.79 Å². The standard InChI is InChI=1S/C24H32F2N4O2/c1-15(2)18-6-4-5-7-21(18)32-14-23(31)29-10-8-17(9-11-29)19-13-20(24(25)26)30-22(27-19)12-16(3)28-30/h4-7,12,15,17,19-20,24,27H,8-11,13-14H2,1-3H3/t19-,20+/m0/s1. The molecule has 6 nitrogen and oxygen atoms in total. The Bertz CT molecular complexity index is 938. The zero-order valence-electron chi connectivity index (χ0n) is 18.9. The lowest BCUT2D eigenvalue weighted by molar-refractivity contribution is -0.134. The number of aryl methyl sites for hydroxylation is 1. The number of likely N-dealkylation sites (tertiary alicyclic amines) is 1. The van der Waals surface area contributed by atoms with Crippen LogP contribution in [0.1, 0.15) is 56.3 Å². The zero-order chi connectivity index (χ0) is 22.8. The number of nitrogens with zero attached hydrogens (tertiary/aromatic N) is 3. The van der Waals surface area contributed by atoms with Crippen molar-refractivity contribution in [2.45, 2.75) is 64.5 Å². The molecule has 1 N–H and O–H groups in total. The summed E-state index contributed by atoms with van der Waals surface area (Å²) in [5.41, 5.74) is 1.82. The van der Waals surface area contributed by atoms with Gasteiger partial charge in [0.25, 0.3) is 12.3 Å². The largest absolute Gasteiger partial charge is 0.483 e. The molecule has 0 aliphatic carbocycles. The van der Waals surface area contributed by atoms with Gasteiger partial charge in [-0.05, 0) is 49.7 Å². The van der Waals surface area contributed by atoms with Crippen LogP contribution in [0.5, 0.6) is 5.75 Å². The van der Waals surface area contributed by atoms with Crippen molar-refractivity contribution in [3.63, 3.8) is 0 Å². The number of para-hydroxylation sites is 1. The van der Waals surface area contributed by atoms with Gasteiger partial charge in [-0.25, -0.2) is 13.5 Å². The molecule has 0 bridgehead atoms. The average Bonchev–Trinajstić information content (AvgIpc) is 3.16. The second kappa shape index (κ2) is 9.46. The van der Waals surface area contributed by atoms with E-state index < -0.39 is 12.5 Å². The SMILES string of the molecule is Cc1cc2n(n1)[C@@H](C(F)F)C[C@@H](C1CCN(C(=O)COc3ccccc3C(C)C)CC1)N2. The van der Waals surface area contributed by atoms with E-state index in [0.29, 0.717) is 31.2 Å². The number of alkyl halides is 2. The number of carbonyl (C=O) groups is 1. The minimum absolute atomic E-state index is 0.0159. The highest BCUT2D eigenvalue weighted by atomic mass is 19.3. The van der Waals surface area contributed by atoms with Crippen LogP contribution in [0.3, 0.4) is 0 Å². The molecule has 1 aromatic carbocycles. The fourth-order valence-corrected chi connectivity index (χ4v) is 4.88. The van der Waals surface area contributed by atoms with Crippen LogP contribution >= 0.6 is 0 Å². The Morgan fingerprint density at radius 3 is 2.66 bits per heavy atom. The molecule has 32 heavy (non-hydrogen) atoms. The van der Waals surface area contributed by atoms with E-state index in [1.54, 1.807) is 0 Å². The van der Waals surface area contributed by atoms with Gasteiger partial charge in [-0.2, -0.15) is 5.10 Å². The minimum Gasteiger partial charge on any atom is -0.483 e. The van der Waals surface area contributed by atoms with Crippen LogP contribution in [0.25, 0.3) is 0 Å². The number of ether oxygens (including phenoxy) is 1. The number of hydrogen-bond acceptors (Lipinski definition) is 4. The summed E-state index contributed by atoms with van der Waals surface area (Å²) >= 11 is 0. The molecule has 1 saturated heterocycles. The lowest BCUT2D eigenvalue weighted by atomic mass is 9.85. The van der Waals surface area contributed by atoms with Crippen molar-refractivity contribution < 1.29 is 18.3 Å². The van der Waals surface area contributed by atoms with Gasteiger partial charge in [-0.15, -0.1) is 0 Å². The van der Waals surface area contributed by atoms with E-state index in [9.17, 15) is 13.6 Å². The molecule has 8 heteroatoms. The molecule has 2 aromatic rings. The first-order chi connectivity index (χ1) is 15.3. The van der Waals surface area contributed by atoms with Crippen molar-refractivity contribution in [3.8, 4) is 5.75 Å². The second-order valence-corrected chi connectivity index (χ2v) is 9.20. The molecule has 4 rings (SSSR count). The van der Waals surface area contributed by atoms with Gasteiger partial charge in [0.15, 0.2) is 6.61 Å². The van der Waals surface area contributed by atoms with Crippen molar-refractivity contribution in [2.24, 2.45) is 5.92 Å². The predicted molar refractivity (Wildman–Crippen MR) is 119 cm³/mol. The molecule has 174 valence electrons. The van der Waals surface area contributed by atoms with Gasteiger partial charge < -0.3 is 15.0 Å². The van der Waals surface area contributed by atoms with Crippen LogP contribution in [0.2, 0.25) is 0 Å². The van der Waals surface area contributed by atoms with Crippen LogP contribution in [-0.4, -0.2) is 52.8 Å². The van der Waals surface area contributed by atoms with Crippen molar-refractivity contribution in [2.75, 3.05) is 25.0 Å². The predicted octanol–water partition coefficient (Wildman–Crippen LogP) is 4.62. The highest BCUT2D eigenvalue weighted by Gasteiger charge is 2.38. The van der Waals surface area contributed by atoms with Gasteiger partial charge in [0.2, 0.25) is 0 Å². The number of rotatable bonds is 6. The van der Waals surface area contributed by atoms with Crippen molar-refractivity contribution >= 4 is 11.7 Å². The first kappa shape index (κ1) is 22.6. The molecule has 1 aromatic heterocycles. The van der Waals surface area contributed by atoms with E-state index in [2.05, 4.69) is 24.3 Å². The van der Waals surface area contributed by atoms with Crippen LogP contribution < -0.4 is 10.1 Å². The van der Waals surface area contributed by atoms with Crippen molar-refractivity contribution in [1.82, 2.24) is 14.7 Å². The van der Waals surface area contributed by atoms with E-state index in [4.69, 9.17) is 4.74 Å². The molecule has 0 radical (unpaired) electrons. The van der Waals surface area contributed by atoms with Gasteiger partial charge in [-0.3, -0.25) is 4.79 Å². The number of hydrogen-bond donors (Lipinski definition) is 1. The van der Waals surface area contributed by atoms with Gasteiger partial charge in [0.05, 0.1) is 5.69 Å². The molecule has 2 aliphatic rings. The summed E-state index contributed by atoms with van der Waals surface area (Å²) in [5.74, 6) is 1.95. The normalized spacial score (nSPS) is 21.5. The fraction of sp³-hybridized carbons (Fsp3) is 0.583. The molecule has 1 amide bonds. The second-order valence-electron chi connectivity index (χ2n) is 9.20. The number of amides is 1. The molecule has 0 unspecified atom stereocenters. The van der Waals surface area contributed by atoms with E-state index in [1.807, 2.05) is 42.2 Å². The first-order valence-electron chi connectivity index (χ1n) is 11.4. The summed E-state index contributed by atoms with van der Waals surface area (Å²) in [6.45, 7) is 7.27.